The van der Waals surface area contributed by atoms with Crippen LogP contribution in [0.1, 0.15) is 39.2 Å². The molecule has 22 heavy (non-hydrogen) atoms. The van der Waals surface area contributed by atoms with E-state index < -0.39 is 0 Å². The van der Waals surface area contributed by atoms with Crippen LogP contribution >= 0.6 is 0 Å². The summed E-state index contributed by atoms with van der Waals surface area (Å²) in [7, 11) is 1.69. The fraction of sp³-hybridized carbons (Fsp3) is 0.611. The van der Waals surface area contributed by atoms with Crippen LogP contribution in [-0.4, -0.2) is 43.7 Å². The second-order valence-corrected chi connectivity index (χ2v) is 5.58. The van der Waals surface area contributed by atoms with E-state index in [2.05, 4.69) is 30.9 Å². The Morgan fingerprint density at radius 2 is 1.91 bits per heavy atom. The molecule has 0 fully saturated rings. The molecule has 0 aliphatic carbocycles. The maximum Gasteiger partial charge on any atom is 0.302 e. The Balaban J connectivity index is 2.36. The van der Waals surface area contributed by atoms with Gasteiger partial charge >= 0.3 is 5.97 Å². The van der Waals surface area contributed by atoms with Crippen molar-refractivity contribution in [3.05, 3.63) is 29.8 Å². The molecule has 1 rings (SSSR count). The van der Waals surface area contributed by atoms with E-state index in [1.807, 2.05) is 12.1 Å². The third-order valence-electron chi connectivity index (χ3n) is 3.86. The van der Waals surface area contributed by atoms with Gasteiger partial charge in [0.2, 0.25) is 0 Å². The van der Waals surface area contributed by atoms with Gasteiger partial charge in [0.1, 0.15) is 5.75 Å². The maximum atomic E-state index is 10.7. The predicted octanol–water partition coefficient (Wildman–Crippen LogP) is 3.29. The average Bonchev–Trinajstić information content (AvgIpc) is 2.51. The van der Waals surface area contributed by atoms with Gasteiger partial charge in [0.25, 0.3) is 0 Å². The van der Waals surface area contributed by atoms with Crippen molar-refractivity contribution in [3.63, 3.8) is 0 Å². The van der Waals surface area contributed by atoms with Crippen molar-refractivity contribution in [3.8, 4) is 5.75 Å². The van der Waals surface area contributed by atoms with E-state index in [9.17, 15) is 4.79 Å². The number of unbranched alkanes of at least 4 members (excludes halogenated alkanes) is 1. The van der Waals surface area contributed by atoms with Crippen molar-refractivity contribution < 1.29 is 14.3 Å². The Kier molecular flexibility index (Phi) is 8.60. The first-order chi connectivity index (χ1) is 10.6. The van der Waals surface area contributed by atoms with Crippen LogP contribution in [0, 0.1) is 0 Å². The van der Waals surface area contributed by atoms with Gasteiger partial charge in [-0.05, 0) is 57.0 Å². The molecule has 1 unspecified atom stereocenters. The number of carbonyl (C=O) groups is 1. The third kappa shape index (κ3) is 6.94. The first-order valence-electron chi connectivity index (χ1n) is 8.07. The Hall–Kier alpha value is -1.55. The molecule has 0 amide bonds. The molecule has 0 aromatic heterocycles. The van der Waals surface area contributed by atoms with Gasteiger partial charge in [0, 0.05) is 13.0 Å². The lowest BCUT2D eigenvalue weighted by atomic mass is 10.1. The summed E-state index contributed by atoms with van der Waals surface area (Å²) in [6.07, 6.45) is 3.00. The van der Waals surface area contributed by atoms with Crippen LogP contribution in [-0.2, 0) is 16.0 Å². The summed E-state index contributed by atoms with van der Waals surface area (Å²) in [5.74, 6) is 0.703. The van der Waals surface area contributed by atoms with Crippen molar-refractivity contribution in [1.82, 2.24) is 4.90 Å². The second-order valence-electron chi connectivity index (χ2n) is 5.58. The van der Waals surface area contributed by atoms with Crippen LogP contribution in [0.4, 0.5) is 0 Å². The summed E-state index contributed by atoms with van der Waals surface area (Å²) in [4.78, 5) is 13.2. The van der Waals surface area contributed by atoms with E-state index in [1.165, 1.54) is 12.5 Å². The van der Waals surface area contributed by atoms with E-state index in [0.29, 0.717) is 12.6 Å². The summed E-state index contributed by atoms with van der Waals surface area (Å²) in [5, 5.41) is 0. The van der Waals surface area contributed by atoms with Gasteiger partial charge < -0.3 is 14.4 Å². The highest BCUT2D eigenvalue weighted by Gasteiger charge is 2.12. The lowest BCUT2D eigenvalue weighted by Crippen LogP contribution is -2.35. The molecule has 1 atom stereocenters. The molecule has 0 saturated carbocycles. The number of esters is 1. The number of likely N-dealkylation sites (N-methyl/N-ethyl adjacent to an activating group) is 1. The van der Waals surface area contributed by atoms with Crippen molar-refractivity contribution in [2.45, 2.75) is 46.1 Å². The highest BCUT2D eigenvalue weighted by molar-refractivity contribution is 5.65. The van der Waals surface area contributed by atoms with Crippen LogP contribution < -0.4 is 4.74 Å². The number of hydrogen-bond donors (Lipinski definition) is 0. The zero-order valence-electron chi connectivity index (χ0n) is 14.3. The number of nitrogens with zero attached hydrogens (tertiary/aromatic N) is 1. The fourth-order valence-corrected chi connectivity index (χ4v) is 2.55. The van der Waals surface area contributed by atoms with Gasteiger partial charge in [-0.2, -0.15) is 0 Å². The molecule has 0 saturated heterocycles. The molecule has 0 aliphatic rings. The largest absolute Gasteiger partial charge is 0.497 e. The Labute approximate surface area is 134 Å². The molecular weight excluding hydrogens is 278 g/mol. The van der Waals surface area contributed by atoms with Crippen LogP contribution in [0.15, 0.2) is 24.3 Å². The van der Waals surface area contributed by atoms with Gasteiger partial charge in [-0.1, -0.05) is 19.1 Å². The zero-order chi connectivity index (χ0) is 16.4. The van der Waals surface area contributed by atoms with E-state index >= 15 is 0 Å². The third-order valence-corrected chi connectivity index (χ3v) is 3.86. The molecule has 1 aromatic rings. The summed E-state index contributed by atoms with van der Waals surface area (Å²) in [6.45, 7) is 8.51. The van der Waals surface area contributed by atoms with E-state index in [0.717, 1.165) is 38.1 Å². The number of carbonyl (C=O) groups excluding carboxylic acids is 1. The highest BCUT2D eigenvalue weighted by atomic mass is 16.5. The molecule has 0 bridgehead atoms. The minimum atomic E-state index is -0.194. The SMILES string of the molecule is CCN(CCCCOC(C)=O)C(C)Cc1ccc(OC)cc1. The topological polar surface area (TPSA) is 38.8 Å². The van der Waals surface area contributed by atoms with Crippen molar-refractivity contribution in [2.24, 2.45) is 0 Å². The van der Waals surface area contributed by atoms with Crippen LogP contribution in [0.3, 0.4) is 0 Å². The summed E-state index contributed by atoms with van der Waals surface area (Å²) < 4.78 is 10.2. The van der Waals surface area contributed by atoms with E-state index in [-0.39, 0.29) is 5.97 Å². The smallest absolute Gasteiger partial charge is 0.302 e. The van der Waals surface area contributed by atoms with Crippen molar-refractivity contribution in [1.29, 1.82) is 0 Å². The van der Waals surface area contributed by atoms with Gasteiger partial charge in [0.05, 0.1) is 13.7 Å². The second kappa shape index (κ2) is 10.2. The first-order valence-corrected chi connectivity index (χ1v) is 8.07. The maximum absolute atomic E-state index is 10.7. The zero-order valence-corrected chi connectivity index (χ0v) is 14.3. The predicted molar refractivity (Wildman–Crippen MR) is 89.3 cm³/mol. The molecule has 124 valence electrons. The quantitative estimate of drug-likeness (QED) is 0.491. The van der Waals surface area contributed by atoms with E-state index in [4.69, 9.17) is 9.47 Å². The van der Waals surface area contributed by atoms with Crippen molar-refractivity contribution in [2.75, 3.05) is 26.8 Å². The monoisotopic (exact) mass is 307 g/mol. The first kappa shape index (κ1) is 18.5. The molecule has 4 heteroatoms. The Bertz CT molecular complexity index is 430. The lowest BCUT2D eigenvalue weighted by Gasteiger charge is -2.28. The van der Waals surface area contributed by atoms with E-state index in [1.54, 1.807) is 7.11 Å². The van der Waals surface area contributed by atoms with Gasteiger partial charge in [-0.25, -0.2) is 0 Å². The van der Waals surface area contributed by atoms with Gasteiger partial charge in [-0.3, -0.25) is 4.79 Å². The molecule has 0 spiro atoms. The molecule has 0 N–H and O–H groups in total. The number of benzene rings is 1. The molecule has 0 aliphatic heterocycles. The minimum absolute atomic E-state index is 0.194. The Morgan fingerprint density at radius 3 is 2.45 bits per heavy atom. The molecular formula is C18H29NO3. The average molecular weight is 307 g/mol. The summed E-state index contributed by atoms with van der Waals surface area (Å²) >= 11 is 0. The summed E-state index contributed by atoms with van der Waals surface area (Å²) in [5.41, 5.74) is 1.33. The number of ether oxygens (including phenoxy) is 2. The van der Waals surface area contributed by atoms with Crippen molar-refractivity contribution >= 4 is 5.97 Å². The number of methoxy groups -OCH3 is 1. The number of hydrogen-bond acceptors (Lipinski definition) is 4. The molecule has 1 aromatic carbocycles. The normalized spacial score (nSPS) is 12.2. The lowest BCUT2D eigenvalue weighted by molar-refractivity contribution is -0.141. The fourth-order valence-electron chi connectivity index (χ4n) is 2.55. The Morgan fingerprint density at radius 1 is 1.23 bits per heavy atom. The van der Waals surface area contributed by atoms with Crippen LogP contribution in [0.25, 0.3) is 0 Å². The van der Waals surface area contributed by atoms with Gasteiger partial charge in [0.15, 0.2) is 0 Å². The summed E-state index contributed by atoms with van der Waals surface area (Å²) in [6, 6.07) is 8.77. The van der Waals surface area contributed by atoms with Gasteiger partial charge in [-0.15, -0.1) is 0 Å². The molecule has 4 nitrogen and oxygen atoms in total. The number of rotatable bonds is 10. The molecule has 0 heterocycles. The minimum Gasteiger partial charge on any atom is -0.497 e. The van der Waals surface area contributed by atoms with Crippen LogP contribution in [0.2, 0.25) is 0 Å². The van der Waals surface area contributed by atoms with Crippen LogP contribution in [0.5, 0.6) is 5.75 Å². The highest BCUT2D eigenvalue weighted by Crippen LogP contribution is 2.15. The standard InChI is InChI=1S/C18H29NO3/c1-5-19(12-6-7-13-22-16(3)20)15(2)14-17-8-10-18(21-4)11-9-17/h8-11,15H,5-7,12-14H2,1-4H3. The molecule has 0 radical (unpaired) electrons.